The summed E-state index contributed by atoms with van der Waals surface area (Å²) in [6.07, 6.45) is -2.26. The predicted molar refractivity (Wildman–Crippen MR) is 50.7 cm³/mol. The van der Waals surface area contributed by atoms with Crippen LogP contribution in [-0.4, -0.2) is 17.7 Å². The molecule has 0 saturated carbocycles. The van der Waals surface area contributed by atoms with Gasteiger partial charge in [0.05, 0.1) is 0 Å². The molecule has 0 radical (unpaired) electrons. The summed E-state index contributed by atoms with van der Waals surface area (Å²) in [7, 11) is 0. The van der Waals surface area contributed by atoms with Crippen LogP contribution in [0.15, 0.2) is 0 Å². The molecule has 0 nitrogen and oxygen atoms in total. The number of thioether (sulfide) groups is 1. The molecule has 0 amide bonds. The van der Waals surface area contributed by atoms with Gasteiger partial charge in [0.15, 0.2) is 0 Å². The predicted octanol–water partition coefficient (Wildman–Crippen LogP) is 3.48. The second-order valence-corrected chi connectivity index (χ2v) is 3.85. The average molecular weight is 210 g/mol. The summed E-state index contributed by atoms with van der Waals surface area (Å²) in [5.41, 5.74) is 0. The molecular formula is C9H13F3S. The van der Waals surface area contributed by atoms with Crippen molar-refractivity contribution in [1.29, 1.82) is 0 Å². The van der Waals surface area contributed by atoms with Crippen LogP contribution >= 0.6 is 11.8 Å². The molecule has 13 heavy (non-hydrogen) atoms. The van der Waals surface area contributed by atoms with Crippen molar-refractivity contribution in [1.82, 2.24) is 0 Å². The van der Waals surface area contributed by atoms with Crippen LogP contribution < -0.4 is 0 Å². The molecule has 0 aliphatic heterocycles. The molecule has 0 aromatic carbocycles. The van der Waals surface area contributed by atoms with Crippen molar-refractivity contribution in [2.24, 2.45) is 0 Å². The van der Waals surface area contributed by atoms with Crippen LogP contribution in [0.4, 0.5) is 13.2 Å². The van der Waals surface area contributed by atoms with E-state index in [4.69, 9.17) is 0 Å². The van der Waals surface area contributed by atoms with Crippen molar-refractivity contribution in [3.05, 3.63) is 0 Å². The molecule has 0 aromatic rings. The lowest BCUT2D eigenvalue weighted by atomic mass is 10.2. The van der Waals surface area contributed by atoms with Crippen LogP contribution in [0, 0.1) is 11.8 Å². The molecule has 0 atom stereocenters. The molecule has 0 N–H and O–H groups in total. The smallest absolute Gasteiger partial charge is 0.162 e. The molecule has 4 heteroatoms. The average Bonchev–Trinajstić information content (AvgIpc) is 2.01. The van der Waals surface area contributed by atoms with E-state index in [1.54, 1.807) is 11.8 Å². The van der Waals surface area contributed by atoms with Crippen molar-refractivity contribution >= 4 is 11.8 Å². The summed E-state index contributed by atoms with van der Waals surface area (Å²) in [6, 6.07) is 0. The summed E-state index contributed by atoms with van der Waals surface area (Å²) < 4.78 is 34.5. The molecule has 0 aliphatic rings. The lowest BCUT2D eigenvalue weighted by Gasteiger charge is -1.95. The first-order valence-electron chi connectivity index (χ1n) is 4.20. The molecule has 0 aromatic heterocycles. The van der Waals surface area contributed by atoms with Gasteiger partial charge in [-0.1, -0.05) is 12.8 Å². The maximum Gasteiger partial charge on any atom is 0.457 e. The van der Waals surface area contributed by atoms with E-state index in [0.29, 0.717) is 6.42 Å². The zero-order valence-corrected chi connectivity index (χ0v) is 8.39. The van der Waals surface area contributed by atoms with Crippen LogP contribution in [0.1, 0.15) is 26.2 Å². The van der Waals surface area contributed by atoms with Crippen molar-refractivity contribution in [2.75, 3.05) is 11.5 Å². The van der Waals surface area contributed by atoms with Crippen LogP contribution in [0.3, 0.4) is 0 Å². The van der Waals surface area contributed by atoms with Gasteiger partial charge in [0, 0.05) is 12.3 Å². The number of rotatable bonds is 5. The van der Waals surface area contributed by atoms with Gasteiger partial charge in [-0.15, -0.1) is 0 Å². The Morgan fingerprint density at radius 2 is 1.92 bits per heavy atom. The molecule has 76 valence electrons. The summed E-state index contributed by atoms with van der Waals surface area (Å²) in [5, 5.41) is 0. The standard InChI is InChI=1S/C9H13F3S/c1-2-13-8-6-4-3-5-7-9(10,11)12/h2-4,6,8H2,1H3. The minimum atomic E-state index is -4.32. The van der Waals surface area contributed by atoms with Gasteiger partial charge in [-0.3, -0.25) is 0 Å². The third kappa shape index (κ3) is 11.7. The lowest BCUT2D eigenvalue weighted by Crippen LogP contribution is -2.01. The zero-order valence-electron chi connectivity index (χ0n) is 7.58. The van der Waals surface area contributed by atoms with E-state index in [2.05, 4.69) is 12.8 Å². The van der Waals surface area contributed by atoms with Crippen molar-refractivity contribution in [2.45, 2.75) is 32.4 Å². The highest BCUT2D eigenvalue weighted by molar-refractivity contribution is 7.99. The fourth-order valence-electron chi connectivity index (χ4n) is 0.725. The topological polar surface area (TPSA) is 0 Å². The molecule has 0 spiro atoms. The van der Waals surface area contributed by atoms with Gasteiger partial charge in [0.25, 0.3) is 0 Å². The Balaban J connectivity index is 3.28. The Morgan fingerprint density at radius 1 is 1.23 bits per heavy atom. The van der Waals surface area contributed by atoms with E-state index in [9.17, 15) is 13.2 Å². The Hall–Kier alpha value is -0.300. The van der Waals surface area contributed by atoms with Gasteiger partial charge in [-0.25, -0.2) is 0 Å². The normalized spacial score (nSPS) is 10.8. The first kappa shape index (κ1) is 12.7. The van der Waals surface area contributed by atoms with Gasteiger partial charge < -0.3 is 0 Å². The quantitative estimate of drug-likeness (QED) is 0.494. The number of halogens is 3. The molecular weight excluding hydrogens is 197 g/mol. The summed E-state index contributed by atoms with van der Waals surface area (Å²) in [4.78, 5) is 0. The summed E-state index contributed by atoms with van der Waals surface area (Å²) >= 11 is 1.80. The summed E-state index contributed by atoms with van der Waals surface area (Å²) in [5.74, 6) is 5.46. The maximum atomic E-state index is 11.5. The third-order valence-electron chi connectivity index (χ3n) is 1.27. The number of hydrogen-bond donors (Lipinski definition) is 0. The van der Waals surface area contributed by atoms with E-state index in [-0.39, 0.29) is 0 Å². The van der Waals surface area contributed by atoms with E-state index >= 15 is 0 Å². The Labute approximate surface area is 81.3 Å². The molecule has 0 fully saturated rings. The molecule has 0 unspecified atom stereocenters. The van der Waals surface area contributed by atoms with Crippen molar-refractivity contribution in [3.8, 4) is 11.8 Å². The monoisotopic (exact) mass is 210 g/mol. The fraction of sp³-hybridized carbons (Fsp3) is 0.778. The van der Waals surface area contributed by atoms with Crippen molar-refractivity contribution < 1.29 is 13.2 Å². The van der Waals surface area contributed by atoms with Gasteiger partial charge >= 0.3 is 6.18 Å². The lowest BCUT2D eigenvalue weighted by molar-refractivity contribution is -0.0697. The fourth-order valence-corrected chi connectivity index (χ4v) is 1.42. The molecule has 0 saturated heterocycles. The minimum Gasteiger partial charge on any atom is -0.162 e. The molecule has 0 heterocycles. The van der Waals surface area contributed by atoms with Gasteiger partial charge in [-0.2, -0.15) is 24.9 Å². The minimum absolute atomic E-state index is 0.351. The first-order chi connectivity index (χ1) is 6.06. The number of unbranched alkanes of at least 4 members (excludes halogenated alkanes) is 2. The summed E-state index contributed by atoms with van der Waals surface area (Å²) in [6.45, 7) is 2.06. The van der Waals surface area contributed by atoms with E-state index in [1.807, 2.05) is 0 Å². The highest BCUT2D eigenvalue weighted by Gasteiger charge is 2.22. The number of alkyl halides is 3. The molecule has 0 bridgehead atoms. The largest absolute Gasteiger partial charge is 0.457 e. The van der Waals surface area contributed by atoms with Gasteiger partial charge in [0.2, 0.25) is 0 Å². The van der Waals surface area contributed by atoms with E-state index < -0.39 is 6.18 Å². The highest BCUT2D eigenvalue weighted by Crippen LogP contribution is 2.12. The van der Waals surface area contributed by atoms with Crippen LogP contribution in [-0.2, 0) is 0 Å². The first-order valence-corrected chi connectivity index (χ1v) is 5.36. The zero-order chi connectivity index (χ0) is 10.2. The maximum absolute atomic E-state index is 11.5. The molecule has 0 aliphatic carbocycles. The SMILES string of the molecule is CCSCCCCC#CC(F)(F)F. The van der Waals surface area contributed by atoms with Crippen LogP contribution in [0.25, 0.3) is 0 Å². The van der Waals surface area contributed by atoms with E-state index in [1.165, 1.54) is 5.92 Å². The Bertz CT molecular complexity index is 176. The van der Waals surface area contributed by atoms with Gasteiger partial charge in [0.1, 0.15) is 0 Å². The molecule has 0 rings (SSSR count). The van der Waals surface area contributed by atoms with Crippen molar-refractivity contribution in [3.63, 3.8) is 0 Å². The second kappa shape index (κ2) is 7.14. The Morgan fingerprint density at radius 3 is 2.46 bits per heavy atom. The Kier molecular flexibility index (Phi) is 6.97. The highest BCUT2D eigenvalue weighted by atomic mass is 32.2. The van der Waals surface area contributed by atoms with E-state index in [0.717, 1.165) is 24.3 Å². The van der Waals surface area contributed by atoms with Gasteiger partial charge in [-0.05, 0) is 24.3 Å². The van der Waals surface area contributed by atoms with Crippen LogP contribution in [0.2, 0.25) is 0 Å². The third-order valence-corrected chi connectivity index (χ3v) is 2.26. The number of hydrogen-bond acceptors (Lipinski definition) is 1. The second-order valence-electron chi connectivity index (χ2n) is 2.45. The van der Waals surface area contributed by atoms with Crippen LogP contribution in [0.5, 0.6) is 0 Å².